The van der Waals surface area contributed by atoms with Crippen molar-refractivity contribution in [2.24, 2.45) is 0 Å². The molecule has 0 aromatic carbocycles. The summed E-state index contributed by atoms with van der Waals surface area (Å²) in [6.07, 6.45) is -0.274. The summed E-state index contributed by atoms with van der Waals surface area (Å²) in [7, 11) is 0. The smallest absolute Gasteiger partial charge is 0.341 e. The Kier molecular flexibility index (Phi) is 14.4. The molecular formula is C15H24O9S. The summed E-state index contributed by atoms with van der Waals surface area (Å²) in [6.45, 7) is 8.07. The molecule has 25 heavy (non-hydrogen) atoms. The number of esters is 3. The third kappa shape index (κ3) is 12.0. The van der Waals surface area contributed by atoms with E-state index in [2.05, 4.69) is 37.9 Å². The average Bonchev–Trinajstić information content (AvgIpc) is 2.55. The average molecular weight is 380 g/mol. The van der Waals surface area contributed by atoms with Crippen molar-refractivity contribution in [3.8, 4) is 0 Å². The predicted molar refractivity (Wildman–Crippen MR) is 89.4 cm³/mol. The third-order valence-electron chi connectivity index (χ3n) is 2.40. The van der Waals surface area contributed by atoms with Crippen LogP contribution in [0, 0.1) is 0 Å². The minimum atomic E-state index is -2.26. The van der Waals surface area contributed by atoms with E-state index in [9.17, 15) is 24.3 Å². The summed E-state index contributed by atoms with van der Waals surface area (Å²) in [4.78, 5) is 44.1. The third-order valence-corrected chi connectivity index (χ3v) is 2.58. The quantitative estimate of drug-likeness (QED) is 0.196. The molecule has 0 aliphatic rings. The number of ether oxygens (including phenoxy) is 3. The molecule has 9 nitrogen and oxygen atoms in total. The van der Waals surface area contributed by atoms with E-state index < -0.39 is 42.3 Å². The van der Waals surface area contributed by atoms with Crippen LogP contribution in [0.2, 0.25) is 0 Å². The van der Waals surface area contributed by atoms with Gasteiger partial charge in [-0.2, -0.15) is 0 Å². The minimum absolute atomic E-state index is 0.0206. The molecule has 10 heteroatoms. The summed E-state index contributed by atoms with van der Waals surface area (Å²) in [5, 5.41) is 10.1. The zero-order valence-corrected chi connectivity index (χ0v) is 15.4. The maximum atomic E-state index is 11.7. The highest BCUT2D eigenvalue weighted by atomic mass is 32.1. The standard InChI is InChI=1S/C12H20O7.C3H4O2S/c1-4-17-9(13)7-12(16,11(15)19-6-3)8-10(14)18-5-2;1-2-3(4)5-6/h16H,4-8H2,1-3H3;2,6H,1H2. The highest BCUT2D eigenvalue weighted by Gasteiger charge is 2.43. The van der Waals surface area contributed by atoms with Gasteiger partial charge in [0.15, 0.2) is 5.60 Å². The molecule has 0 amide bonds. The lowest BCUT2D eigenvalue weighted by molar-refractivity contribution is -0.177. The molecule has 0 aromatic rings. The van der Waals surface area contributed by atoms with E-state index in [1.807, 2.05) is 0 Å². The van der Waals surface area contributed by atoms with E-state index in [1.54, 1.807) is 20.8 Å². The molecule has 0 unspecified atom stereocenters. The van der Waals surface area contributed by atoms with Gasteiger partial charge in [-0.05, 0) is 20.8 Å². The Morgan fingerprint density at radius 3 is 1.60 bits per heavy atom. The van der Waals surface area contributed by atoms with E-state index >= 15 is 0 Å². The van der Waals surface area contributed by atoms with Gasteiger partial charge >= 0.3 is 23.9 Å². The van der Waals surface area contributed by atoms with E-state index in [-0.39, 0.29) is 19.8 Å². The number of carbonyl (C=O) groups excluding carboxylic acids is 4. The van der Waals surface area contributed by atoms with Crippen LogP contribution in [0.5, 0.6) is 0 Å². The Labute approximate surface area is 151 Å². The fraction of sp³-hybridized carbons (Fsp3) is 0.600. The molecule has 0 atom stereocenters. The molecule has 0 aliphatic carbocycles. The van der Waals surface area contributed by atoms with Crippen LogP contribution in [0.1, 0.15) is 33.6 Å². The molecular weight excluding hydrogens is 356 g/mol. The summed E-state index contributed by atoms with van der Waals surface area (Å²) in [5.41, 5.74) is -2.26. The fourth-order valence-electron chi connectivity index (χ4n) is 1.41. The Balaban J connectivity index is 0. The molecule has 0 aliphatic heterocycles. The molecule has 1 N–H and O–H groups in total. The van der Waals surface area contributed by atoms with E-state index in [1.165, 1.54) is 0 Å². The van der Waals surface area contributed by atoms with Crippen LogP contribution in [0.3, 0.4) is 0 Å². The molecule has 0 aromatic heterocycles. The van der Waals surface area contributed by atoms with Gasteiger partial charge in [0.2, 0.25) is 0 Å². The van der Waals surface area contributed by atoms with Crippen molar-refractivity contribution < 1.29 is 42.7 Å². The highest BCUT2D eigenvalue weighted by molar-refractivity contribution is 7.75. The number of aliphatic hydroxyl groups is 1. The van der Waals surface area contributed by atoms with Crippen molar-refractivity contribution in [3.05, 3.63) is 12.7 Å². The molecule has 0 saturated carbocycles. The van der Waals surface area contributed by atoms with Gasteiger partial charge in [0, 0.05) is 19.0 Å². The summed E-state index contributed by atoms with van der Waals surface area (Å²) < 4.78 is 17.8. The summed E-state index contributed by atoms with van der Waals surface area (Å²) >= 11 is 3.17. The first-order valence-corrected chi connectivity index (χ1v) is 7.75. The van der Waals surface area contributed by atoms with Gasteiger partial charge in [-0.15, -0.1) is 0 Å². The first-order valence-electron chi connectivity index (χ1n) is 7.39. The minimum Gasteiger partial charge on any atom is -0.466 e. The second-order valence-electron chi connectivity index (χ2n) is 4.33. The van der Waals surface area contributed by atoms with Crippen LogP contribution in [-0.2, 0) is 37.6 Å². The summed E-state index contributed by atoms with van der Waals surface area (Å²) in [5.74, 6) is -3.15. The van der Waals surface area contributed by atoms with Gasteiger partial charge in [-0.25, -0.2) is 9.59 Å². The monoisotopic (exact) mass is 380 g/mol. The molecule has 0 rings (SSSR count). The Morgan fingerprint density at radius 2 is 1.36 bits per heavy atom. The lowest BCUT2D eigenvalue weighted by atomic mass is 9.95. The van der Waals surface area contributed by atoms with Crippen LogP contribution in [-0.4, -0.2) is 54.4 Å². The lowest BCUT2D eigenvalue weighted by Gasteiger charge is -2.23. The largest absolute Gasteiger partial charge is 0.466 e. The van der Waals surface area contributed by atoms with Crippen molar-refractivity contribution in [3.63, 3.8) is 0 Å². The fourth-order valence-corrected chi connectivity index (χ4v) is 1.49. The van der Waals surface area contributed by atoms with Gasteiger partial charge in [0.1, 0.15) is 0 Å². The maximum absolute atomic E-state index is 11.7. The van der Waals surface area contributed by atoms with Gasteiger partial charge in [0.05, 0.1) is 32.7 Å². The number of hydrogen-bond acceptors (Lipinski definition) is 10. The first kappa shape index (κ1) is 25.2. The normalized spacial score (nSPS) is 9.80. The molecule has 0 spiro atoms. The zero-order chi connectivity index (χ0) is 19.9. The van der Waals surface area contributed by atoms with Gasteiger partial charge in [-0.3, -0.25) is 9.59 Å². The second kappa shape index (κ2) is 14.3. The van der Waals surface area contributed by atoms with E-state index in [0.717, 1.165) is 6.08 Å². The zero-order valence-electron chi connectivity index (χ0n) is 14.5. The van der Waals surface area contributed by atoms with Crippen LogP contribution in [0.25, 0.3) is 0 Å². The molecule has 0 saturated heterocycles. The first-order chi connectivity index (χ1) is 11.7. The number of rotatable bonds is 9. The maximum Gasteiger partial charge on any atom is 0.341 e. The van der Waals surface area contributed by atoms with Crippen molar-refractivity contribution in [1.82, 2.24) is 0 Å². The Bertz CT molecular complexity index is 442. The molecule has 0 radical (unpaired) electrons. The molecule has 0 fully saturated rings. The van der Waals surface area contributed by atoms with Crippen molar-refractivity contribution in [2.75, 3.05) is 19.8 Å². The van der Waals surface area contributed by atoms with Crippen LogP contribution < -0.4 is 0 Å². The number of hydrogen-bond donors (Lipinski definition) is 2. The van der Waals surface area contributed by atoms with Crippen molar-refractivity contribution in [1.29, 1.82) is 0 Å². The topological polar surface area (TPSA) is 125 Å². The van der Waals surface area contributed by atoms with Crippen LogP contribution in [0.15, 0.2) is 12.7 Å². The number of thiol groups is 1. The van der Waals surface area contributed by atoms with Gasteiger partial charge in [0.25, 0.3) is 0 Å². The summed E-state index contributed by atoms with van der Waals surface area (Å²) in [6, 6.07) is 0. The van der Waals surface area contributed by atoms with Crippen molar-refractivity contribution >= 4 is 36.8 Å². The van der Waals surface area contributed by atoms with Gasteiger partial charge in [-0.1, -0.05) is 6.58 Å². The van der Waals surface area contributed by atoms with Crippen LogP contribution >= 0.6 is 12.9 Å². The van der Waals surface area contributed by atoms with Crippen LogP contribution in [0.4, 0.5) is 0 Å². The Morgan fingerprint density at radius 1 is 0.960 bits per heavy atom. The second-order valence-corrected chi connectivity index (χ2v) is 4.51. The van der Waals surface area contributed by atoms with Crippen molar-refractivity contribution in [2.45, 2.75) is 39.2 Å². The Hall–Kier alpha value is -2.07. The number of carbonyl (C=O) groups is 4. The highest BCUT2D eigenvalue weighted by Crippen LogP contribution is 2.19. The lowest BCUT2D eigenvalue weighted by Crippen LogP contribution is -2.44. The van der Waals surface area contributed by atoms with Gasteiger partial charge < -0.3 is 23.5 Å². The molecule has 144 valence electrons. The predicted octanol–water partition coefficient (Wildman–Crippen LogP) is 0.747. The van der Waals surface area contributed by atoms with E-state index in [4.69, 9.17) is 0 Å². The van der Waals surface area contributed by atoms with E-state index in [0.29, 0.717) is 0 Å². The SMILES string of the molecule is C=CC(=O)OS.CCOC(=O)CC(O)(CC(=O)OCC)C(=O)OCC. The molecule has 0 heterocycles. The molecule has 0 bridgehead atoms.